The van der Waals surface area contributed by atoms with Gasteiger partial charge < -0.3 is 4.98 Å². The number of benzene rings is 2. The molecule has 2 N–H and O–H groups in total. The van der Waals surface area contributed by atoms with Gasteiger partial charge in [0.05, 0.1) is 11.4 Å². The van der Waals surface area contributed by atoms with Crippen LogP contribution in [0.15, 0.2) is 54.9 Å². The predicted molar refractivity (Wildman–Crippen MR) is 118 cm³/mol. The van der Waals surface area contributed by atoms with E-state index in [9.17, 15) is 17.2 Å². The summed E-state index contributed by atoms with van der Waals surface area (Å²) in [5.74, 6) is -1.03. The third kappa shape index (κ3) is 3.82. The summed E-state index contributed by atoms with van der Waals surface area (Å²) in [5, 5.41) is 0.664. The van der Waals surface area contributed by atoms with Gasteiger partial charge in [-0.3, -0.25) is 4.72 Å². The Morgan fingerprint density at radius 2 is 1.66 bits per heavy atom. The van der Waals surface area contributed by atoms with Crippen LogP contribution in [0, 0.1) is 11.6 Å². The number of hydrogen-bond donors (Lipinski definition) is 2. The molecule has 1 fully saturated rings. The summed E-state index contributed by atoms with van der Waals surface area (Å²) in [4.78, 5) is 11.7. The first kappa shape index (κ1) is 20.5. The average molecular weight is 455 g/mol. The van der Waals surface area contributed by atoms with Crippen molar-refractivity contribution in [1.82, 2.24) is 19.3 Å². The zero-order valence-corrected chi connectivity index (χ0v) is 17.7. The van der Waals surface area contributed by atoms with Crippen molar-refractivity contribution in [3.63, 3.8) is 0 Å². The molecule has 5 rings (SSSR count). The topological polar surface area (TPSA) is 91.0 Å². The van der Waals surface area contributed by atoms with E-state index in [1.807, 2.05) is 6.07 Å². The molecule has 0 aliphatic carbocycles. The standard InChI is InChI=1S/C22H19F2N5O2S/c23-16-6-3-14(4-7-16)20-12-17-21(25-13-26-22(17)27-20)15-5-8-19(18(24)11-15)28-32(30,31)29-9-1-2-10-29/h3-8,11-13,28H,1-2,9-10H2,(H,25,26,27). The highest BCUT2D eigenvalue weighted by Crippen LogP contribution is 2.32. The molecule has 0 bridgehead atoms. The summed E-state index contributed by atoms with van der Waals surface area (Å²) in [6, 6.07) is 12.1. The number of aromatic amines is 1. The van der Waals surface area contributed by atoms with E-state index in [1.54, 1.807) is 18.2 Å². The Morgan fingerprint density at radius 1 is 0.938 bits per heavy atom. The third-order valence-electron chi connectivity index (χ3n) is 5.47. The van der Waals surface area contributed by atoms with Crippen molar-refractivity contribution in [2.75, 3.05) is 17.8 Å². The van der Waals surface area contributed by atoms with Gasteiger partial charge in [-0.05, 0) is 60.9 Å². The maximum Gasteiger partial charge on any atom is 0.301 e. The second kappa shape index (κ2) is 7.95. The molecule has 164 valence electrons. The smallest absolute Gasteiger partial charge is 0.301 e. The van der Waals surface area contributed by atoms with Crippen LogP contribution in [-0.4, -0.2) is 40.8 Å². The van der Waals surface area contributed by atoms with E-state index >= 15 is 0 Å². The summed E-state index contributed by atoms with van der Waals surface area (Å²) >= 11 is 0. The maximum absolute atomic E-state index is 14.8. The van der Waals surface area contributed by atoms with Crippen LogP contribution in [-0.2, 0) is 10.2 Å². The number of rotatable bonds is 5. The number of fused-ring (bicyclic) bond motifs is 1. The molecule has 7 nitrogen and oxygen atoms in total. The number of aromatic nitrogens is 3. The summed E-state index contributed by atoms with van der Waals surface area (Å²) < 4.78 is 56.6. The molecule has 0 atom stereocenters. The molecule has 2 aromatic heterocycles. The van der Waals surface area contributed by atoms with Crippen LogP contribution in [0.4, 0.5) is 14.5 Å². The second-order valence-corrected chi connectivity index (χ2v) is 9.25. The van der Waals surface area contributed by atoms with Crippen LogP contribution in [0.25, 0.3) is 33.5 Å². The Hall–Kier alpha value is -3.37. The molecule has 2 aromatic carbocycles. The first-order valence-corrected chi connectivity index (χ1v) is 11.5. The van der Waals surface area contributed by atoms with E-state index in [2.05, 4.69) is 19.7 Å². The maximum atomic E-state index is 14.8. The van der Waals surface area contributed by atoms with Gasteiger partial charge in [-0.2, -0.15) is 12.7 Å². The molecular formula is C22H19F2N5O2S. The molecule has 10 heteroatoms. The van der Waals surface area contributed by atoms with Gasteiger partial charge in [0.1, 0.15) is 23.6 Å². The first-order valence-electron chi connectivity index (χ1n) is 10.1. The number of H-pyrrole nitrogens is 1. The van der Waals surface area contributed by atoms with Gasteiger partial charge in [0, 0.05) is 29.7 Å². The fourth-order valence-electron chi connectivity index (χ4n) is 3.83. The Kier molecular flexibility index (Phi) is 5.10. The highest BCUT2D eigenvalue weighted by atomic mass is 32.2. The number of hydrogen-bond acceptors (Lipinski definition) is 4. The minimum absolute atomic E-state index is 0.119. The zero-order chi connectivity index (χ0) is 22.3. The van der Waals surface area contributed by atoms with Crippen LogP contribution in [0.1, 0.15) is 12.8 Å². The van der Waals surface area contributed by atoms with E-state index in [1.165, 1.54) is 34.9 Å². The van der Waals surface area contributed by atoms with E-state index in [0.29, 0.717) is 35.4 Å². The quantitative estimate of drug-likeness (QED) is 0.469. The van der Waals surface area contributed by atoms with Gasteiger partial charge in [0.15, 0.2) is 0 Å². The van der Waals surface area contributed by atoms with Crippen molar-refractivity contribution >= 4 is 26.9 Å². The van der Waals surface area contributed by atoms with Crippen molar-refractivity contribution < 1.29 is 17.2 Å². The number of halogens is 2. The number of nitrogens with zero attached hydrogens (tertiary/aromatic N) is 3. The van der Waals surface area contributed by atoms with Crippen molar-refractivity contribution in [2.45, 2.75) is 12.8 Å². The van der Waals surface area contributed by atoms with Gasteiger partial charge in [-0.1, -0.05) is 6.07 Å². The van der Waals surface area contributed by atoms with E-state index in [4.69, 9.17) is 0 Å². The number of anilines is 1. The van der Waals surface area contributed by atoms with Gasteiger partial charge in [0.2, 0.25) is 0 Å². The van der Waals surface area contributed by atoms with Gasteiger partial charge >= 0.3 is 10.2 Å². The molecule has 4 aromatic rings. The molecule has 1 aliphatic heterocycles. The SMILES string of the molecule is O=S(=O)(Nc1ccc(-c2ncnc3[nH]c(-c4ccc(F)cc4)cc23)cc1F)N1CCCC1. The average Bonchev–Trinajstić information content (AvgIpc) is 3.46. The highest BCUT2D eigenvalue weighted by molar-refractivity contribution is 7.90. The zero-order valence-electron chi connectivity index (χ0n) is 16.8. The van der Waals surface area contributed by atoms with Crippen molar-refractivity contribution in [2.24, 2.45) is 0 Å². The summed E-state index contributed by atoms with van der Waals surface area (Å²) in [5.41, 5.74) is 2.89. The lowest BCUT2D eigenvalue weighted by molar-refractivity contribution is 0.482. The van der Waals surface area contributed by atoms with Crippen LogP contribution in [0.2, 0.25) is 0 Å². The monoisotopic (exact) mass is 455 g/mol. The molecule has 0 unspecified atom stereocenters. The van der Waals surface area contributed by atoms with Crippen LogP contribution < -0.4 is 4.72 Å². The predicted octanol–water partition coefficient (Wildman–Crippen LogP) is 4.32. The fourth-order valence-corrected chi connectivity index (χ4v) is 5.14. The Labute approximate surface area is 183 Å². The minimum Gasteiger partial charge on any atom is -0.339 e. The van der Waals surface area contributed by atoms with Crippen LogP contribution in [0.3, 0.4) is 0 Å². The van der Waals surface area contributed by atoms with Gasteiger partial charge in [-0.15, -0.1) is 0 Å². The molecule has 3 heterocycles. The van der Waals surface area contributed by atoms with E-state index in [-0.39, 0.29) is 11.5 Å². The summed E-state index contributed by atoms with van der Waals surface area (Å²) in [6.45, 7) is 0.857. The lowest BCUT2D eigenvalue weighted by atomic mass is 10.1. The van der Waals surface area contributed by atoms with Crippen molar-refractivity contribution in [1.29, 1.82) is 0 Å². The molecule has 0 saturated carbocycles. The van der Waals surface area contributed by atoms with Gasteiger partial charge in [-0.25, -0.2) is 18.7 Å². The van der Waals surface area contributed by atoms with Crippen molar-refractivity contribution in [3.05, 3.63) is 66.5 Å². The molecule has 1 aliphatic rings. The molecule has 32 heavy (non-hydrogen) atoms. The second-order valence-electron chi connectivity index (χ2n) is 7.58. The van der Waals surface area contributed by atoms with E-state index in [0.717, 1.165) is 24.1 Å². The minimum atomic E-state index is -3.79. The van der Waals surface area contributed by atoms with Crippen LogP contribution >= 0.6 is 0 Å². The van der Waals surface area contributed by atoms with E-state index < -0.39 is 16.0 Å². The lowest BCUT2D eigenvalue weighted by Crippen LogP contribution is -2.33. The Bertz CT molecular complexity index is 1400. The fraction of sp³-hybridized carbons (Fsp3) is 0.182. The summed E-state index contributed by atoms with van der Waals surface area (Å²) in [7, 11) is -3.79. The molecule has 1 saturated heterocycles. The third-order valence-corrected chi connectivity index (χ3v) is 6.99. The van der Waals surface area contributed by atoms with Crippen molar-refractivity contribution in [3.8, 4) is 22.5 Å². The van der Waals surface area contributed by atoms with Crippen LogP contribution in [0.5, 0.6) is 0 Å². The Balaban J connectivity index is 1.48. The molecule has 0 amide bonds. The largest absolute Gasteiger partial charge is 0.339 e. The number of nitrogens with one attached hydrogen (secondary N) is 2. The first-order chi connectivity index (χ1) is 15.4. The highest BCUT2D eigenvalue weighted by Gasteiger charge is 2.26. The lowest BCUT2D eigenvalue weighted by Gasteiger charge is -2.17. The molecule has 0 radical (unpaired) electrons. The molecular weight excluding hydrogens is 436 g/mol. The molecule has 0 spiro atoms. The Morgan fingerprint density at radius 3 is 2.38 bits per heavy atom. The summed E-state index contributed by atoms with van der Waals surface area (Å²) in [6.07, 6.45) is 2.95. The normalized spacial score (nSPS) is 14.8. The van der Waals surface area contributed by atoms with Gasteiger partial charge in [0.25, 0.3) is 0 Å².